The molecular weight excluding hydrogens is 276 g/mol. The molecule has 0 saturated carbocycles. The molecule has 0 aliphatic heterocycles. The third-order valence-corrected chi connectivity index (χ3v) is 4.81. The van der Waals surface area contributed by atoms with Crippen LogP contribution in [0.4, 0.5) is 0 Å². The quantitative estimate of drug-likeness (QED) is 0.764. The number of hydrogen-bond donors (Lipinski definition) is 1. The van der Waals surface area contributed by atoms with Gasteiger partial charge >= 0.3 is 0 Å². The Hall–Kier alpha value is -1.71. The monoisotopic (exact) mass is 296 g/mol. The lowest BCUT2D eigenvalue weighted by atomic mass is 10.0. The number of benzene rings is 2. The molecule has 0 fully saturated rings. The van der Waals surface area contributed by atoms with Crippen LogP contribution in [0, 0.1) is 0 Å². The molecule has 0 amide bonds. The first-order valence-electron chi connectivity index (χ1n) is 7.40. The molecule has 0 aliphatic carbocycles. The lowest BCUT2D eigenvalue weighted by Gasteiger charge is -2.04. The van der Waals surface area contributed by atoms with E-state index in [9.17, 15) is 0 Å². The van der Waals surface area contributed by atoms with Crippen molar-refractivity contribution in [3.05, 3.63) is 63.6 Å². The summed E-state index contributed by atoms with van der Waals surface area (Å²) in [7, 11) is 1.99. The van der Waals surface area contributed by atoms with Gasteiger partial charge in [-0.05, 0) is 29.8 Å². The maximum absolute atomic E-state index is 4.83. The number of thiazole rings is 1. The van der Waals surface area contributed by atoms with E-state index in [0.29, 0.717) is 0 Å². The topological polar surface area (TPSA) is 24.9 Å². The SMILES string of the molecule is CCc1nc(Cc2cccc3ccccc23)sc1CNC. The fourth-order valence-electron chi connectivity index (χ4n) is 2.70. The Morgan fingerprint density at radius 2 is 1.90 bits per heavy atom. The maximum atomic E-state index is 4.83. The number of nitrogens with zero attached hydrogens (tertiary/aromatic N) is 1. The number of aryl methyl sites for hydroxylation is 1. The molecule has 0 saturated heterocycles. The first kappa shape index (κ1) is 14.2. The standard InChI is InChI=1S/C18H20N2S/c1-3-16-17(12-19-2)21-18(20-16)11-14-9-6-8-13-7-4-5-10-15(13)14/h4-10,19H,3,11-12H2,1-2H3. The van der Waals surface area contributed by atoms with E-state index in [1.54, 1.807) is 0 Å². The average Bonchev–Trinajstić information content (AvgIpc) is 2.90. The zero-order valence-corrected chi connectivity index (χ0v) is 13.3. The van der Waals surface area contributed by atoms with Crippen molar-refractivity contribution in [2.45, 2.75) is 26.3 Å². The van der Waals surface area contributed by atoms with Crippen molar-refractivity contribution in [1.29, 1.82) is 0 Å². The van der Waals surface area contributed by atoms with E-state index in [1.165, 1.54) is 31.9 Å². The van der Waals surface area contributed by atoms with Crippen LogP contribution in [0.3, 0.4) is 0 Å². The summed E-state index contributed by atoms with van der Waals surface area (Å²) in [5.41, 5.74) is 2.60. The third-order valence-electron chi connectivity index (χ3n) is 3.72. The lowest BCUT2D eigenvalue weighted by molar-refractivity contribution is 0.814. The van der Waals surface area contributed by atoms with Gasteiger partial charge < -0.3 is 5.32 Å². The zero-order valence-electron chi connectivity index (χ0n) is 12.5. The highest BCUT2D eigenvalue weighted by molar-refractivity contribution is 7.11. The smallest absolute Gasteiger partial charge is 0.0975 e. The van der Waals surface area contributed by atoms with Crippen molar-refractivity contribution in [1.82, 2.24) is 10.3 Å². The van der Waals surface area contributed by atoms with E-state index >= 15 is 0 Å². The largest absolute Gasteiger partial charge is 0.315 e. The minimum absolute atomic E-state index is 0.913. The van der Waals surface area contributed by atoms with Gasteiger partial charge in [0.15, 0.2) is 0 Å². The van der Waals surface area contributed by atoms with E-state index in [-0.39, 0.29) is 0 Å². The Bertz CT molecular complexity index is 741. The fourth-order valence-corrected chi connectivity index (χ4v) is 3.89. The summed E-state index contributed by atoms with van der Waals surface area (Å²) in [5.74, 6) is 0. The van der Waals surface area contributed by atoms with Gasteiger partial charge in [-0.1, -0.05) is 49.4 Å². The summed E-state index contributed by atoms with van der Waals surface area (Å²) >= 11 is 1.84. The highest BCUT2D eigenvalue weighted by Crippen LogP contribution is 2.25. The third kappa shape index (κ3) is 2.99. The van der Waals surface area contributed by atoms with Gasteiger partial charge in [0.05, 0.1) is 10.7 Å². The van der Waals surface area contributed by atoms with Gasteiger partial charge in [-0.15, -0.1) is 11.3 Å². The first-order valence-corrected chi connectivity index (χ1v) is 8.22. The molecule has 108 valence electrons. The molecule has 0 unspecified atom stereocenters. The van der Waals surface area contributed by atoms with Gasteiger partial charge in [-0.3, -0.25) is 0 Å². The predicted molar refractivity (Wildman–Crippen MR) is 91.0 cm³/mol. The second-order valence-electron chi connectivity index (χ2n) is 5.18. The van der Waals surface area contributed by atoms with Gasteiger partial charge in [-0.25, -0.2) is 4.98 Å². The second kappa shape index (κ2) is 6.37. The molecule has 21 heavy (non-hydrogen) atoms. The van der Waals surface area contributed by atoms with E-state index < -0.39 is 0 Å². The van der Waals surface area contributed by atoms with Crippen LogP contribution < -0.4 is 5.32 Å². The summed E-state index contributed by atoms with van der Waals surface area (Å²) in [6, 6.07) is 15.1. The van der Waals surface area contributed by atoms with Crippen LogP contribution in [0.2, 0.25) is 0 Å². The number of nitrogens with one attached hydrogen (secondary N) is 1. The number of rotatable bonds is 5. The average molecular weight is 296 g/mol. The molecule has 2 nitrogen and oxygen atoms in total. The van der Waals surface area contributed by atoms with Crippen molar-refractivity contribution >= 4 is 22.1 Å². The van der Waals surface area contributed by atoms with Crippen LogP contribution in [-0.4, -0.2) is 12.0 Å². The lowest BCUT2D eigenvalue weighted by Crippen LogP contribution is -2.05. The van der Waals surface area contributed by atoms with Crippen molar-refractivity contribution in [2.24, 2.45) is 0 Å². The number of aromatic nitrogens is 1. The Kier molecular flexibility index (Phi) is 4.32. The van der Waals surface area contributed by atoms with Gasteiger partial charge in [0.25, 0.3) is 0 Å². The molecular formula is C18H20N2S. The van der Waals surface area contributed by atoms with E-state index in [2.05, 4.69) is 54.7 Å². The maximum Gasteiger partial charge on any atom is 0.0975 e. The molecule has 2 aromatic carbocycles. The van der Waals surface area contributed by atoms with Crippen LogP contribution >= 0.6 is 11.3 Å². The van der Waals surface area contributed by atoms with Crippen LogP contribution in [0.1, 0.15) is 28.1 Å². The van der Waals surface area contributed by atoms with Crippen LogP contribution in [0.5, 0.6) is 0 Å². The Morgan fingerprint density at radius 1 is 1.10 bits per heavy atom. The first-order chi connectivity index (χ1) is 10.3. The van der Waals surface area contributed by atoms with Crippen LogP contribution in [0.15, 0.2) is 42.5 Å². The Labute approximate surface area is 129 Å². The van der Waals surface area contributed by atoms with E-state index in [4.69, 9.17) is 4.98 Å². The van der Waals surface area contributed by atoms with Crippen molar-refractivity contribution in [3.8, 4) is 0 Å². The van der Waals surface area contributed by atoms with Crippen molar-refractivity contribution in [2.75, 3.05) is 7.05 Å². The molecule has 0 aliphatic rings. The molecule has 0 bridgehead atoms. The van der Waals surface area contributed by atoms with Crippen molar-refractivity contribution < 1.29 is 0 Å². The van der Waals surface area contributed by atoms with Crippen molar-refractivity contribution in [3.63, 3.8) is 0 Å². The highest BCUT2D eigenvalue weighted by atomic mass is 32.1. The predicted octanol–water partition coefficient (Wildman–Crippen LogP) is 4.17. The summed E-state index contributed by atoms with van der Waals surface area (Å²) in [4.78, 5) is 6.20. The van der Waals surface area contributed by atoms with E-state index in [1.807, 2.05) is 18.4 Å². The molecule has 1 N–H and O–H groups in total. The molecule has 0 atom stereocenters. The molecule has 0 radical (unpaired) electrons. The molecule has 3 rings (SSSR count). The summed E-state index contributed by atoms with van der Waals surface area (Å²) in [6.45, 7) is 3.09. The Morgan fingerprint density at radius 3 is 2.71 bits per heavy atom. The Balaban J connectivity index is 1.95. The minimum Gasteiger partial charge on any atom is -0.315 e. The minimum atomic E-state index is 0.913. The van der Waals surface area contributed by atoms with Gasteiger partial charge in [0.2, 0.25) is 0 Å². The summed E-state index contributed by atoms with van der Waals surface area (Å²) < 4.78 is 0. The highest BCUT2D eigenvalue weighted by Gasteiger charge is 2.10. The van der Waals surface area contributed by atoms with Gasteiger partial charge in [-0.2, -0.15) is 0 Å². The molecule has 1 heterocycles. The molecule has 3 aromatic rings. The van der Waals surface area contributed by atoms with Crippen LogP contribution in [0.25, 0.3) is 10.8 Å². The van der Waals surface area contributed by atoms with Gasteiger partial charge in [0.1, 0.15) is 0 Å². The zero-order chi connectivity index (χ0) is 14.7. The van der Waals surface area contributed by atoms with E-state index in [0.717, 1.165) is 19.4 Å². The summed E-state index contributed by atoms with van der Waals surface area (Å²) in [5, 5.41) is 7.09. The molecule has 1 aromatic heterocycles. The van der Waals surface area contributed by atoms with Gasteiger partial charge in [0, 0.05) is 17.8 Å². The fraction of sp³-hybridized carbons (Fsp3) is 0.278. The van der Waals surface area contributed by atoms with Crippen LogP contribution in [-0.2, 0) is 19.4 Å². The second-order valence-corrected chi connectivity index (χ2v) is 6.34. The molecule has 0 spiro atoms. The normalized spacial score (nSPS) is 11.1. The number of hydrogen-bond acceptors (Lipinski definition) is 3. The summed E-state index contributed by atoms with van der Waals surface area (Å²) in [6.07, 6.45) is 1.92. The molecule has 3 heteroatoms. The number of fused-ring (bicyclic) bond motifs is 1.